The van der Waals surface area contributed by atoms with Gasteiger partial charge >= 0.3 is 6.18 Å². The first-order valence-electron chi connectivity index (χ1n) is 12.0. The van der Waals surface area contributed by atoms with Gasteiger partial charge in [-0.2, -0.15) is 13.2 Å². The first-order valence-corrected chi connectivity index (χ1v) is 12.0. The Morgan fingerprint density at radius 1 is 1.08 bits per heavy atom. The van der Waals surface area contributed by atoms with Crippen LogP contribution in [-0.4, -0.2) is 26.2 Å². The molecule has 0 fully saturated rings. The van der Waals surface area contributed by atoms with Crippen molar-refractivity contribution in [1.82, 2.24) is 19.9 Å². The average molecular weight is 511 g/mol. The number of nitrogens with zero attached hydrogens (tertiary/aromatic N) is 3. The van der Waals surface area contributed by atoms with Crippen LogP contribution in [0, 0.1) is 6.92 Å². The van der Waals surface area contributed by atoms with Crippen molar-refractivity contribution >= 4 is 12.2 Å². The van der Waals surface area contributed by atoms with Crippen LogP contribution in [0.15, 0.2) is 65.5 Å². The summed E-state index contributed by atoms with van der Waals surface area (Å²) in [7, 11) is 0. The Labute approximate surface area is 213 Å². The topological polar surface area (TPSA) is 76.1 Å². The van der Waals surface area contributed by atoms with Crippen LogP contribution in [-0.2, 0) is 38.7 Å². The molecule has 0 radical (unpaired) electrons. The summed E-state index contributed by atoms with van der Waals surface area (Å²) in [5, 5.41) is 12.7. The van der Waals surface area contributed by atoms with Gasteiger partial charge in [-0.15, -0.1) is 0 Å². The van der Waals surface area contributed by atoms with Crippen LogP contribution >= 0.6 is 0 Å². The largest absolute Gasteiger partial charge is 0.445 e. The van der Waals surface area contributed by atoms with Crippen molar-refractivity contribution in [1.29, 1.82) is 0 Å². The Morgan fingerprint density at radius 3 is 2.62 bits per heavy atom. The first kappa shape index (κ1) is 26.4. The van der Waals surface area contributed by atoms with Crippen LogP contribution in [0.5, 0.6) is 0 Å². The summed E-state index contributed by atoms with van der Waals surface area (Å²) in [6.45, 7) is 4.30. The fourth-order valence-electron chi connectivity index (χ4n) is 3.97. The van der Waals surface area contributed by atoms with E-state index < -0.39 is 11.7 Å². The predicted octanol–water partition coefficient (Wildman–Crippen LogP) is 5.44. The molecule has 2 aromatic carbocycles. The lowest BCUT2D eigenvalue weighted by atomic mass is 10.0. The maximum Gasteiger partial charge on any atom is 0.416 e. The number of alkyl halides is 3. The Kier molecular flexibility index (Phi) is 8.58. The Morgan fingerprint density at radius 2 is 1.89 bits per heavy atom. The average Bonchev–Trinajstić information content (AvgIpc) is 3.54. The third-order valence-corrected chi connectivity index (χ3v) is 6.09. The van der Waals surface area contributed by atoms with Gasteiger partial charge in [-0.25, -0.2) is 9.97 Å². The standard InChI is InChI=1S/C28H29F3N4O2/c1-20-16-22(2-7-23(20)17-32-12-14-35-15-13-33-26(35)18-36)5-10-25-19-37-27(34-25)11-6-21-3-8-24(9-4-21)28(29,30)31/h2-4,6-9,11,13,15-16,19,32,36H,5,10,12,14,17-18H2,1H3/b11-6+. The predicted molar refractivity (Wildman–Crippen MR) is 135 cm³/mol. The van der Waals surface area contributed by atoms with E-state index in [1.807, 2.05) is 10.8 Å². The van der Waals surface area contributed by atoms with Gasteiger partial charge in [0.05, 0.1) is 11.3 Å². The molecule has 2 aromatic heterocycles. The summed E-state index contributed by atoms with van der Waals surface area (Å²) in [6.07, 6.45) is 5.67. The Bertz CT molecular complexity index is 1320. The lowest BCUT2D eigenvalue weighted by Gasteiger charge is -2.11. The highest BCUT2D eigenvalue weighted by atomic mass is 19.4. The number of hydrogen-bond donors (Lipinski definition) is 2. The Balaban J connectivity index is 1.24. The number of imidazole rings is 1. The SMILES string of the molecule is Cc1cc(CCc2coc(/C=C/c3ccc(C(F)(F)F)cc3)n2)ccc1CNCCn1ccnc1CO. The van der Waals surface area contributed by atoms with E-state index in [1.54, 1.807) is 24.6 Å². The zero-order valence-electron chi connectivity index (χ0n) is 20.5. The van der Waals surface area contributed by atoms with Crippen LogP contribution in [0.4, 0.5) is 13.2 Å². The van der Waals surface area contributed by atoms with Gasteiger partial charge in [0.25, 0.3) is 0 Å². The molecule has 0 saturated carbocycles. The fourth-order valence-corrected chi connectivity index (χ4v) is 3.97. The number of hydrogen-bond acceptors (Lipinski definition) is 5. The second-order valence-electron chi connectivity index (χ2n) is 8.76. The van der Waals surface area contributed by atoms with E-state index in [-0.39, 0.29) is 6.61 Å². The van der Waals surface area contributed by atoms with Crippen molar-refractivity contribution in [3.63, 3.8) is 0 Å². The van der Waals surface area contributed by atoms with E-state index in [4.69, 9.17) is 4.42 Å². The molecular weight excluding hydrogens is 481 g/mol. The van der Waals surface area contributed by atoms with Crippen molar-refractivity contribution < 1.29 is 22.7 Å². The van der Waals surface area contributed by atoms with Gasteiger partial charge in [-0.3, -0.25) is 0 Å². The number of aryl methyl sites for hydroxylation is 3. The number of nitrogens with one attached hydrogen (secondary N) is 1. The van der Waals surface area contributed by atoms with Gasteiger partial charge in [0.1, 0.15) is 18.7 Å². The number of aliphatic hydroxyl groups is 1. The van der Waals surface area contributed by atoms with Gasteiger partial charge in [0.2, 0.25) is 5.89 Å². The van der Waals surface area contributed by atoms with Gasteiger partial charge in [-0.05, 0) is 60.2 Å². The van der Waals surface area contributed by atoms with Gasteiger partial charge in [0, 0.05) is 38.1 Å². The third-order valence-electron chi connectivity index (χ3n) is 6.09. The van der Waals surface area contributed by atoms with Crippen LogP contribution < -0.4 is 5.32 Å². The molecule has 0 bridgehead atoms. The molecular formula is C28H29F3N4O2. The van der Waals surface area contributed by atoms with Crippen molar-refractivity contribution in [2.75, 3.05) is 6.54 Å². The van der Waals surface area contributed by atoms with E-state index in [1.165, 1.54) is 28.8 Å². The molecule has 9 heteroatoms. The van der Waals surface area contributed by atoms with Crippen molar-refractivity contribution in [3.8, 4) is 0 Å². The van der Waals surface area contributed by atoms with E-state index >= 15 is 0 Å². The summed E-state index contributed by atoms with van der Waals surface area (Å²) in [6, 6.07) is 11.4. The lowest BCUT2D eigenvalue weighted by Crippen LogP contribution is -2.20. The maximum absolute atomic E-state index is 12.7. The first-order chi connectivity index (χ1) is 17.8. The Hall–Kier alpha value is -3.69. The lowest BCUT2D eigenvalue weighted by molar-refractivity contribution is -0.137. The summed E-state index contributed by atoms with van der Waals surface area (Å²) >= 11 is 0. The molecule has 4 rings (SSSR count). The molecule has 194 valence electrons. The molecule has 2 heterocycles. The molecule has 6 nitrogen and oxygen atoms in total. The molecule has 0 saturated heterocycles. The number of halogens is 3. The van der Waals surface area contributed by atoms with Gasteiger partial charge in [-0.1, -0.05) is 30.3 Å². The zero-order chi connectivity index (χ0) is 26.3. The van der Waals surface area contributed by atoms with Crippen LogP contribution in [0.3, 0.4) is 0 Å². The van der Waals surface area contributed by atoms with Crippen LogP contribution in [0.1, 0.15) is 45.2 Å². The van der Waals surface area contributed by atoms with Gasteiger partial charge in [0.15, 0.2) is 0 Å². The molecule has 0 aliphatic carbocycles. The second kappa shape index (κ2) is 12.0. The normalized spacial score (nSPS) is 12.0. The van der Waals surface area contributed by atoms with Crippen LogP contribution in [0.2, 0.25) is 0 Å². The molecule has 0 atom stereocenters. The van der Waals surface area contributed by atoms with Crippen molar-refractivity contribution in [3.05, 3.63) is 106 Å². The van der Waals surface area contributed by atoms with Crippen LogP contribution in [0.25, 0.3) is 12.2 Å². The zero-order valence-corrected chi connectivity index (χ0v) is 20.5. The van der Waals surface area contributed by atoms with Gasteiger partial charge < -0.3 is 19.4 Å². The molecule has 0 unspecified atom stereocenters. The molecule has 37 heavy (non-hydrogen) atoms. The quantitative estimate of drug-likeness (QED) is 0.263. The number of benzene rings is 2. The number of rotatable bonds is 11. The molecule has 0 aliphatic heterocycles. The summed E-state index contributed by atoms with van der Waals surface area (Å²) in [5.74, 6) is 1.08. The van der Waals surface area contributed by atoms with E-state index in [0.29, 0.717) is 23.7 Å². The molecule has 4 aromatic rings. The van der Waals surface area contributed by atoms with Crippen molar-refractivity contribution in [2.45, 2.75) is 45.6 Å². The minimum atomic E-state index is -4.34. The number of oxazole rings is 1. The van der Waals surface area contributed by atoms with E-state index in [0.717, 1.165) is 43.9 Å². The number of aromatic nitrogens is 3. The summed E-state index contributed by atoms with van der Waals surface area (Å²) in [4.78, 5) is 8.56. The minimum Gasteiger partial charge on any atom is -0.445 e. The smallest absolute Gasteiger partial charge is 0.416 e. The molecule has 0 amide bonds. The highest BCUT2D eigenvalue weighted by Gasteiger charge is 2.29. The second-order valence-corrected chi connectivity index (χ2v) is 8.76. The monoisotopic (exact) mass is 510 g/mol. The fraction of sp³-hybridized carbons (Fsp3) is 0.286. The number of aliphatic hydroxyl groups excluding tert-OH is 1. The molecule has 2 N–H and O–H groups in total. The van der Waals surface area contributed by atoms with Crippen molar-refractivity contribution in [2.24, 2.45) is 0 Å². The third kappa shape index (κ3) is 7.41. The van der Waals surface area contributed by atoms with E-state index in [2.05, 4.69) is 40.4 Å². The summed E-state index contributed by atoms with van der Waals surface area (Å²) in [5.41, 5.74) is 4.42. The summed E-state index contributed by atoms with van der Waals surface area (Å²) < 4.78 is 45.5. The van der Waals surface area contributed by atoms with E-state index in [9.17, 15) is 18.3 Å². The molecule has 0 aliphatic rings. The highest BCUT2D eigenvalue weighted by molar-refractivity contribution is 5.66. The minimum absolute atomic E-state index is 0.0668. The maximum atomic E-state index is 12.7. The highest BCUT2D eigenvalue weighted by Crippen LogP contribution is 2.29. The molecule has 0 spiro atoms.